The zero-order valence-electron chi connectivity index (χ0n) is 14.2. The van der Waals surface area contributed by atoms with Crippen molar-refractivity contribution in [1.82, 2.24) is 4.98 Å². The first kappa shape index (κ1) is 20.3. The van der Waals surface area contributed by atoms with E-state index in [1.54, 1.807) is 6.20 Å². The van der Waals surface area contributed by atoms with Gasteiger partial charge in [0.15, 0.2) is 0 Å². The highest BCUT2D eigenvalue weighted by Gasteiger charge is 2.46. The van der Waals surface area contributed by atoms with Crippen LogP contribution < -0.4 is 26.5 Å². The van der Waals surface area contributed by atoms with Crippen LogP contribution >= 0.6 is 0 Å². The maximum Gasteiger partial charge on any atom is 0.395 e. The van der Waals surface area contributed by atoms with Crippen molar-refractivity contribution in [2.75, 3.05) is 24.2 Å². The van der Waals surface area contributed by atoms with Crippen molar-refractivity contribution in [3.8, 4) is 0 Å². The van der Waals surface area contributed by atoms with Crippen LogP contribution in [0.25, 0.3) is 0 Å². The van der Waals surface area contributed by atoms with E-state index in [2.05, 4.69) is 10.3 Å². The van der Waals surface area contributed by atoms with Crippen molar-refractivity contribution in [3.05, 3.63) is 12.3 Å². The second-order valence-corrected chi connectivity index (χ2v) is 6.16. The third kappa shape index (κ3) is 4.77. The number of aliphatic hydroxyl groups is 3. The van der Waals surface area contributed by atoms with Crippen LogP contribution in [0.15, 0.2) is 12.3 Å². The molecule has 5 atom stereocenters. The number of ether oxygens (including phenoxy) is 1. The Morgan fingerprint density at radius 2 is 2.15 bits per heavy atom. The molecule has 1 saturated heterocycles. The Hall–Kier alpha value is -2.05. The number of nitrogens with one attached hydrogen (secondary N) is 1. The smallest absolute Gasteiger partial charge is 0.395 e. The average molecular weight is 371 g/mol. The van der Waals surface area contributed by atoms with E-state index < -0.39 is 43.2 Å². The van der Waals surface area contributed by atoms with Crippen molar-refractivity contribution < 1.29 is 34.5 Å². The third-order valence-corrected chi connectivity index (χ3v) is 4.20. The number of anilines is 2. The zero-order valence-corrected chi connectivity index (χ0v) is 14.2. The Balaban J connectivity index is 1.98. The largest absolute Gasteiger partial charge is 0.548 e. The summed E-state index contributed by atoms with van der Waals surface area (Å²) >= 11 is 0. The SMILES string of the molecule is Nc1cc[n+]([C@@H]2O[C@H](CO)[C@@H](O)[C@H]2O)c(NCCCC[C@H](N)C(=O)[O-])n1. The average Bonchev–Trinajstić information content (AvgIpc) is 2.89. The van der Waals surface area contributed by atoms with Gasteiger partial charge in [0.2, 0.25) is 12.0 Å². The van der Waals surface area contributed by atoms with E-state index in [0.29, 0.717) is 31.8 Å². The molecular weight excluding hydrogens is 346 g/mol. The van der Waals surface area contributed by atoms with Crippen LogP contribution in [-0.2, 0) is 9.53 Å². The Morgan fingerprint density at radius 1 is 1.42 bits per heavy atom. The molecule has 146 valence electrons. The van der Waals surface area contributed by atoms with Crippen LogP contribution in [0.5, 0.6) is 0 Å². The number of nitrogens with two attached hydrogens (primary N) is 2. The fraction of sp³-hybridized carbons (Fsp3) is 0.667. The zero-order chi connectivity index (χ0) is 19.3. The van der Waals surface area contributed by atoms with Crippen molar-refractivity contribution in [1.29, 1.82) is 0 Å². The van der Waals surface area contributed by atoms with Crippen LogP contribution in [0.4, 0.5) is 11.8 Å². The van der Waals surface area contributed by atoms with Gasteiger partial charge in [-0.2, -0.15) is 0 Å². The summed E-state index contributed by atoms with van der Waals surface area (Å²) in [7, 11) is 0. The minimum atomic E-state index is -1.28. The maximum absolute atomic E-state index is 10.6. The van der Waals surface area contributed by atoms with E-state index in [-0.39, 0.29) is 5.82 Å². The molecule has 0 radical (unpaired) electrons. The van der Waals surface area contributed by atoms with E-state index in [0.717, 1.165) is 0 Å². The molecule has 1 aliphatic heterocycles. The van der Waals surface area contributed by atoms with Gasteiger partial charge in [-0.1, -0.05) is 4.98 Å². The molecule has 26 heavy (non-hydrogen) atoms. The topological polar surface area (TPSA) is 191 Å². The number of aromatic nitrogens is 2. The number of aliphatic carboxylic acids is 1. The molecule has 0 amide bonds. The lowest BCUT2D eigenvalue weighted by Crippen LogP contribution is -2.48. The molecule has 2 rings (SSSR count). The lowest BCUT2D eigenvalue weighted by atomic mass is 10.1. The van der Waals surface area contributed by atoms with Crippen LogP contribution in [0.3, 0.4) is 0 Å². The Labute approximate surface area is 150 Å². The second-order valence-electron chi connectivity index (χ2n) is 6.16. The molecule has 2 heterocycles. The molecule has 1 fully saturated rings. The monoisotopic (exact) mass is 371 g/mol. The molecule has 0 unspecified atom stereocenters. The van der Waals surface area contributed by atoms with Crippen molar-refractivity contribution in [2.45, 2.75) is 49.8 Å². The Bertz CT molecular complexity index is 618. The van der Waals surface area contributed by atoms with Crippen molar-refractivity contribution in [2.24, 2.45) is 5.73 Å². The Morgan fingerprint density at radius 3 is 2.77 bits per heavy atom. The molecule has 11 heteroatoms. The fourth-order valence-electron chi connectivity index (χ4n) is 2.70. The molecule has 1 aromatic heterocycles. The summed E-state index contributed by atoms with van der Waals surface area (Å²) in [6.45, 7) is 0.0180. The highest BCUT2D eigenvalue weighted by Crippen LogP contribution is 2.26. The number of carboxylic acids is 1. The number of nitrogen functional groups attached to an aromatic ring is 1. The second kappa shape index (κ2) is 9.05. The van der Waals surface area contributed by atoms with Crippen LogP contribution in [0.1, 0.15) is 25.5 Å². The normalized spacial score (nSPS) is 26.6. The number of rotatable bonds is 9. The summed E-state index contributed by atoms with van der Waals surface area (Å²) < 4.78 is 6.97. The molecular formula is C15H25N5O6. The number of aliphatic hydroxyl groups excluding tert-OH is 3. The van der Waals surface area contributed by atoms with Crippen molar-refractivity contribution >= 4 is 17.7 Å². The van der Waals surface area contributed by atoms with E-state index in [4.69, 9.17) is 16.2 Å². The predicted molar refractivity (Wildman–Crippen MR) is 87.2 cm³/mol. The summed E-state index contributed by atoms with van der Waals surface area (Å²) in [4.78, 5) is 14.7. The highest BCUT2D eigenvalue weighted by atomic mass is 16.6. The predicted octanol–water partition coefficient (Wildman–Crippen LogP) is -3.78. The van der Waals surface area contributed by atoms with Gasteiger partial charge in [-0.05, 0) is 19.3 Å². The molecule has 11 nitrogen and oxygen atoms in total. The summed E-state index contributed by atoms with van der Waals surface area (Å²) in [6, 6.07) is 0.517. The first-order valence-corrected chi connectivity index (χ1v) is 8.35. The van der Waals surface area contributed by atoms with Gasteiger partial charge >= 0.3 is 5.95 Å². The molecule has 8 N–H and O–H groups in total. The first-order chi connectivity index (χ1) is 12.3. The van der Waals surface area contributed by atoms with Crippen molar-refractivity contribution in [3.63, 3.8) is 0 Å². The summed E-state index contributed by atoms with van der Waals surface area (Å²) in [5.74, 6) is -0.726. The quantitative estimate of drug-likeness (QED) is 0.185. The number of nitrogens with zero attached hydrogens (tertiary/aromatic N) is 2. The van der Waals surface area contributed by atoms with E-state index >= 15 is 0 Å². The maximum atomic E-state index is 10.6. The number of carboxylic acid groups (broad SMARTS) is 1. The Kier molecular flexibility index (Phi) is 7.06. The van der Waals surface area contributed by atoms with Gasteiger partial charge in [-0.25, -0.2) is 4.57 Å². The number of unbranched alkanes of at least 4 members (excludes halogenated alkanes) is 1. The number of carbonyl (C=O) groups excluding carboxylic acids is 1. The standard InChI is InChI=1S/C15H25N5O6/c16-8(14(24)25)3-1-2-5-18-15-19-10(17)4-6-20(15)13-12(23)11(22)9(7-21)26-13/h4,6,8-9,11-13,21-23H,1-3,5,7,16H2,(H3,17,18,19,24,25)/t8-,9+,11+,12+,13+/m0/s1. The van der Waals surface area contributed by atoms with Gasteiger partial charge in [-0.15, -0.1) is 0 Å². The number of hydrogen-bond donors (Lipinski definition) is 6. The summed E-state index contributed by atoms with van der Waals surface area (Å²) in [6.07, 6.45) is -1.28. The fourth-order valence-corrected chi connectivity index (χ4v) is 2.70. The summed E-state index contributed by atoms with van der Waals surface area (Å²) in [5.41, 5.74) is 11.1. The molecule has 0 saturated carbocycles. The van der Waals surface area contributed by atoms with Crippen LogP contribution in [0, 0.1) is 0 Å². The van der Waals surface area contributed by atoms with Gasteiger partial charge in [0.05, 0.1) is 25.3 Å². The van der Waals surface area contributed by atoms with E-state index in [1.807, 2.05) is 0 Å². The van der Waals surface area contributed by atoms with Gasteiger partial charge in [0, 0.05) is 12.1 Å². The van der Waals surface area contributed by atoms with E-state index in [9.17, 15) is 25.2 Å². The van der Waals surface area contributed by atoms with E-state index in [1.165, 1.54) is 10.6 Å². The molecule has 1 aromatic rings. The van der Waals surface area contributed by atoms with Gasteiger partial charge in [-0.3, -0.25) is 5.32 Å². The van der Waals surface area contributed by atoms with Gasteiger partial charge in [0.1, 0.15) is 18.3 Å². The molecule has 0 spiro atoms. The van der Waals surface area contributed by atoms with Crippen LogP contribution in [0.2, 0.25) is 0 Å². The van der Waals surface area contributed by atoms with Gasteiger partial charge in [0.25, 0.3) is 0 Å². The number of carbonyl (C=O) groups is 1. The molecule has 0 aliphatic carbocycles. The van der Waals surface area contributed by atoms with Crippen LogP contribution in [-0.4, -0.2) is 63.8 Å². The molecule has 1 aliphatic rings. The number of hydrogen-bond acceptors (Lipinski definition) is 10. The summed E-state index contributed by atoms with van der Waals surface area (Å²) in [5, 5.41) is 42.9. The lowest BCUT2D eigenvalue weighted by Gasteiger charge is -2.16. The molecule has 0 bridgehead atoms. The third-order valence-electron chi connectivity index (χ3n) is 4.20. The minimum absolute atomic E-state index is 0.245. The first-order valence-electron chi connectivity index (χ1n) is 8.35. The molecule has 0 aromatic carbocycles. The highest BCUT2D eigenvalue weighted by molar-refractivity contribution is 5.70. The lowest BCUT2D eigenvalue weighted by molar-refractivity contribution is -0.755. The van der Waals surface area contributed by atoms with Gasteiger partial charge < -0.3 is 41.4 Å². The minimum Gasteiger partial charge on any atom is -0.548 e.